The molecule has 0 bridgehead atoms. The van der Waals surface area contributed by atoms with Crippen molar-refractivity contribution in [2.24, 2.45) is 0 Å². The topological polar surface area (TPSA) is 165 Å². The zero-order chi connectivity index (χ0) is 30.0. The fourth-order valence-corrected chi connectivity index (χ4v) is 5.96. The highest BCUT2D eigenvalue weighted by Crippen LogP contribution is 2.36. The molecule has 14 heteroatoms. The van der Waals surface area contributed by atoms with Crippen molar-refractivity contribution in [3.8, 4) is 0 Å². The molecule has 42 heavy (non-hydrogen) atoms. The van der Waals surface area contributed by atoms with Gasteiger partial charge in [0.2, 0.25) is 5.91 Å². The lowest BCUT2D eigenvalue weighted by Gasteiger charge is -2.48. The average molecular weight is 722 g/mol. The maximum atomic E-state index is 11.4. The van der Waals surface area contributed by atoms with Gasteiger partial charge in [-0.25, -0.2) is 0 Å². The van der Waals surface area contributed by atoms with Gasteiger partial charge < -0.3 is 54.2 Å². The van der Waals surface area contributed by atoms with Crippen LogP contribution in [0, 0.1) is 0 Å². The molecule has 3 saturated heterocycles. The number of aliphatic hydroxyl groups excluding tert-OH is 4. The Bertz CT molecular complexity index is 1210. The van der Waals surface area contributed by atoms with Crippen molar-refractivity contribution in [2.45, 2.75) is 81.2 Å². The first kappa shape index (κ1) is 31.9. The van der Waals surface area contributed by atoms with Gasteiger partial charge in [-0.15, -0.1) is 0 Å². The van der Waals surface area contributed by atoms with Gasteiger partial charge in [0.05, 0.1) is 30.0 Å². The number of carbonyl (C=O) groups is 1. The van der Waals surface area contributed by atoms with Crippen LogP contribution in [0.25, 0.3) is 0 Å². The summed E-state index contributed by atoms with van der Waals surface area (Å²) in [5.74, 6) is -0.282. The van der Waals surface area contributed by atoms with E-state index in [-0.39, 0.29) is 19.1 Å². The van der Waals surface area contributed by atoms with Crippen LogP contribution in [-0.2, 0) is 39.8 Å². The molecule has 11 unspecified atom stereocenters. The lowest BCUT2D eigenvalue weighted by Crippen LogP contribution is -2.65. The van der Waals surface area contributed by atoms with Crippen LogP contribution in [0.3, 0.4) is 0 Å². The molecule has 2 aromatic carbocycles. The summed E-state index contributed by atoms with van der Waals surface area (Å²) in [4.78, 5) is 11.4. The summed E-state index contributed by atoms with van der Waals surface area (Å²) in [5.41, 5.74) is 1.82. The highest BCUT2D eigenvalue weighted by atomic mass is 127. The number of benzene rings is 2. The molecule has 3 aliphatic rings. The van der Waals surface area contributed by atoms with Crippen LogP contribution < -0.4 is 5.32 Å². The summed E-state index contributed by atoms with van der Waals surface area (Å²) >= 11 is 8.18. The number of hydrogen-bond acceptors (Lipinski definition) is 11. The Kier molecular flexibility index (Phi) is 10.7. The fourth-order valence-electron chi connectivity index (χ4n) is 5.09. The Labute approximate surface area is 260 Å². The summed E-state index contributed by atoms with van der Waals surface area (Å²) in [5, 5.41) is 46.6. The monoisotopic (exact) mass is 721 g/mol. The van der Waals surface area contributed by atoms with E-state index in [0.717, 1.165) is 5.56 Å². The molecule has 0 radical (unpaired) electrons. The molecule has 3 aliphatic heterocycles. The third-order valence-corrected chi connectivity index (χ3v) is 8.44. The van der Waals surface area contributed by atoms with Crippen molar-refractivity contribution in [3.63, 3.8) is 0 Å². The molecule has 5 N–H and O–H groups in total. The molecule has 5 rings (SSSR count). The first-order valence-corrected chi connectivity index (χ1v) is 15.3. The first-order chi connectivity index (χ1) is 20.2. The third-order valence-electron chi connectivity index (χ3n) is 7.24. The number of carbonyl (C=O) groups excluding carboxylic acids is 1. The van der Waals surface area contributed by atoms with E-state index in [1.165, 1.54) is 6.92 Å². The van der Waals surface area contributed by atoms with E-state index in [2.05, 4.69) is 5.32 Å². The highest BCUT2D eigenvalue weighted by molar-refractivity contribution is 14.1. The number of alkyl halides is 1. The second-order valence-corrected chi connectivity index (χ2v) is 11.6. The molecule has 0 saturated carbocycles. The number of amides is 1. The summed E-state index contributed by atoms with van der Waals surface area (Å²) in [7, 11) is 0. The van der Waals surface area contributed by atoms with Crippen LogP contribution in [-0.4, -0.2) is 98.8 Å². The van der Waals surface area contributed by atoms with E-state index in [1.807, 2.05) is 52.9 Å². The molecule has 0 aromatic heterocycles. The number of nitrogens with one attached hydrogen (secondary N) is 1. The maximum absolute atomic E-state index is 11.4. The van der Waals surface area contributed by atoms with Gasteiger partial charge in [-0.2, -0.15) is 0 Å². The number of anilines is 1. The molecular weight excluding hydrogens is 689 g/mol. The predicted molar refractivity (Wildman–Crippen MR) is 156 cm³/mol. The molecule has 11 atom stereocenters. The summed E-state index contributed by atoms with van der Waals surface area (Å²) in [6, 6.07) is 14.1. The van der Waals surface area contributed by atoms with Crippen molar-refractivity contribution in [3.05, 3.63) is 64.7 Å². The average Bonchev–Trinajstić information content (AvgIpc) is 2.99. The lowest BCUT2D eigenvalue weighted by molar-refractivity contribution is -0.383. The number of halogens is 2. The van der Waals surface area contributed by atoms with Crippen LogP contribution in [0.1, 0.15) is 24.3 Å². The van der Waals surface area contributed by atoms with E-state index in [9.17, 15) is 25.2 Å². The largest absolute Gasteiger partial charge is 0.387 e. The van der Waals surface area contributed by atoms with Crippen molar-refractivity contribution in [1.29, 1.82) is 0 Å². The standard InChI is InChI=1S/C28H33ClINO11/c1-13(32)31-17-9-14(7-8-16(17)29)11-37-27-22(35)20(33)24(18(10-30)39-27)42-28-23(36)21(34)25-19(40-28)12-38-26(41-25)15-5-3-2-4-6-15/h2-9,18-28,33-36H,10-12H2,1H3,(H,31,32). The molecule has 0 spiro atoms. The van der Waals surface area contributed by atoms with Crippen LogP contribution >= 0.6 is 34.2 Å². The Morgan fingerprint density at radius 2 is 1.74 bits per heavy atom. The van der Waals surface area contributed by atoms with Crippen LogP contribution in [0.5, 0.6) is 0 Å². The number of ether oxygens (including phenoxy) is 6. The molecule has 230 valence electrons. The third kappa shape index (κ3) is 7.08. The number of fused-ring (bicyclic) bond motifs is 1. The van der Waals surface area contributed by atoms with Gasteiger partial charge in [0.15, 0.2) is 18.9 Å². The van der Waals surface area contributed by atoms with Gasteiger partial charge >= 0.3 is 0 Å². The molecule has 3 fully saturated rings. The number of rotatable bonds is 8. The SMILES string of the molecule is CC(=O)Nc1cc(COC2OC(CI)C(OC3OC4COC(c5ccccc5)OC4C(O)C3O)C(O)C2O)ccc1Cl. The minimum Gasteiger partial charge on any atom is -0.387 e. The van der Waals surface area contributed by atoms with E-state index in [0.29, 0.717) is 20.7 Å². The molecule has 0 aliphatic carbocycles. The fraction of sp³-hybridized carbons (Fsp3) is 0.536. The van der Waals surface area contributed by atoms with E-state index in [1.54, 1.807) is 18.2 Å². The zero-order valence-corrected chi connectivity index (χ0v) is 25.4. The minimum atomic E-state index is -1.52. The maximum Gasteiger partial charge on any atom is 0.221 e. The Morgan fingerprint density at radius 1 is 1.00 bits per heavy atom. The first-order valence-electron chi connectivity index (χ1n) is 13.4. The predicted octanol–water partition coefficient (Wildman–Crippen LogP) is 1.64. The van der Waals surface area contributed by atoms with Gasteiger partial charge in [-0.05, 0) is 17.7 Å². The molecule has 2 aromatic rings. The number of aliphatic hydroxyl groups is 4. The van der Waals surface area contributed by atoms with Crippen molar-refractivity contribution < 1.29 is 53.6 Å². The quantitative estimate of drug-likeness (QED) is 0.199. The van der Waals surface area contributed by atoms with Crippen molar-refractivity contribution in [1.82, 2.24) is 0 Å². The van der Waals surface area contributed by atoms with Gasteiger partial charge in [0.25, 0.3) is 0 Å². The van der Waals surface area contributed by atoms with Crippen molar-refractivity contribution in [2.75, 3.05) is 16.4 Å². The second kappa shape index (κ2) is 14.1. The normalized spacial score (nSPS) is 36.7. The Morgan fingerprint density at radius 3 is 2.45 bits per heavy atom. The van der Waals surface area contributed by atoms with Gasteiger partial charge in [-0.1, -0.05) is 70.6 Å². The highest BCUT2D eigenvalue weighted by Gasteiger charge is 2.53. The Hall–Kier alpha value is -1.47. The Balaban J connectivity index is 1.20. The van der Waals surface area contributed by atoms with Crippen LogP contribution in [0.4, 0.5) is 5.69 Å². The molecule has 3 heterocycles. The zero-order valence-electron chi connectivity index (χ0n) is 22.5. The summed E-state index contributed by atoms with van der Waals surface area (Å²) in [6.07, 6.45) is -12.7. The van der Waals surface area contributed by atoms with E-state index in [4.69, 9.17) is 40.0 Å². The molecule has 12 nitrogen and oxygen atoms in total. The van der Waals surface area contributed by atoms with E-state index < -0.39 is 67.7 Å². The summed E-state index contributed by atoms with van der Waals surface area (Å²) in [6.45, 7) is 1.42. The van der Waals surface area contributed by atoms with Crippen LogP contribution in [0.2, 0.25) is 5.02 Å². The smallest absolute Gasteiger partial charge is 0.221 e. The minimum absolute atomic E-state index is 0.0125. The molecular formula is C28H33ClINO11. The number of hydrogen-bond donors (Lipinski definition) is 5. The molecule has 1 amide bonds. The second-order valence-electron chi connectivity index (χ2n) is 10.3. The van der Waals surface area contributed by atoms with Gasteiger partial charge in [-0.3, -0.25) is 4.79 Å². The van der Waals surface area contributed by atoms with Gasteiger partial charge in [0.1, 0.15) is 42.7 Å². The van der Waals surface area contributed by atoms with Gasteiger partial charge in [0, 0.05) is 16.9 Å². The van der Waals surface area contributed by atoms with Crippen LogP contribution in [0.15, 0.2) is 48.5 Å². The summed E-state index contributed by atoms with van der Waals surface area (Å²) < 4.78 is 35.6. The lowest BCUT2D eigenvalue weighted by atomic mass is 9.96. The van der Waals surface area contributed by atoms with E-state index >= 15 is 0 Å². The van der Waals surface area contributed by atoms with Crippen molar-refractivity contribution >= 4 is 45.8 Å².